The summed E-state index contributed by atoms with van der Waals surface area (Å²) in [5.41, 5.74) is 0. The molecule has 0 aliphatic rings. The van der Waals surface area contributed by atoms with Crippen LogP contribution in [0.25, 0.3) is 0 Å². The SMILES string of the molecule is O=CC(O)C(O)C(O)C(O)COP(=O)([O-])[O-].[Na+].[Na+]. The maximum atomic E-state index is 10.0. The van der Waals surface area contributed by atoms with E-state index in [9.17, 15) is 19.1 Å². The van der Waals surface area contributed by atoms with Crippen molar-refractivity contribution in [1.82, 2.24) is 0 Å². The molecule has 0 aromatic carbocycles. The molecule has 0 rings (SSSR count). The van der Waals surface area contributed by atoms with E-state index in [0.717, 1.165) is 0 Å². The third-order valence-electron chi connectivity index (χ3n) is 1.64. The molecule has 0 aromatic heterocycles. The number of aliphatic hydroxyl groups is 4. The van der Waals surface area contributed by atoms with Crippen LogP contribution in [-0.2, 0) is 13.9 Å². The first-order valence-corrected chi connectivity index (χ1v) is 5.49. The minimum atomic E-state index is -5.30. The Balaban J connectivity index is -0.00000112. The summed E-state index contributed by atoms with van der Waals surface area (Å²) >= 11 is 0. The monoisotopic (exact) mass is 304 g/mol. The van der Waals surface area contributed by atoms with Crippen molar-refractivity contribution >= 4 is 14.1 Å². The van der Waals surface area contributed by atoms with E-state index in [0.29, 0.717) is 0 Å². The zero-order valence-corrected chi connectivity index (χ0v) is 14.8. The largest absolute Gasteiger partial charge is 1.00 e. The van der Waals surface area contributed by atoms with Gasteiger partial charge in [-0.3, -0.25) is 0 Å². The third kappa shape index (κ3) is 10.4. The zero-order valence-electron chi connectivity index (χ0n) is 9.87. The second-order valence-electron chi connectivity index (χ2n) is 2.92. The van der Waals surface area contributed by atoms with Gasteiger partial charge in [-0.2, -0.15) is 0 Å². The van der Waals surface area contributed by atoms with Crippen LogP contribution in [0.3, 0.4) is 0 Å². The van der Waals surface area contributed by atoms with Gasteiger partial charge in [-0.25, -0.2) is 0 Å². The third-order valence-corrected chi connectivity index (χ3v) is 2.10. The Morgan fingerprint density at radius 1 is 1.11 bits per heavy atom. The standard InChI is InChI=1S/C6H13O9P.2Na/c7-1-3(8)5(10)6(11)4(9)2-15-16(12,13)14;;/h1,3-6,8-11H,2H2,(H2,12,13,14);;/q;2*+1/p-2. The van der Waals surface area contributed by atoms with Gasteiger partial charge >= 0.3 is 59.1 Å². The molecule has 4 unspecified atom stereocenters. The number of hydrogen-bond acceptors (Lipinski definition) is 9. The first kappa shape index (κ1) is 24.6. The average molecular weight is 304 g/mol. The number of aldehydes is 1. The Labute approximate surface area is 147 Å². The summed E-state index contributed by atoms with van der Waals surface area (Å²) in [5, 5.41) is 35.9. The summed E-state index contributed by atoms with van der Waals surface area (Å²) in [5.74, 6) is 0. The predicted molar refractivity (Wildman–Crippen MR) is 43.6 cm³/mol. The Morgan fingerprint density at radius 2 is 1.56 bits per heavy atom. The molecule has 9 nitrogen and oxygen atoms in total. The molecular weight excluding hydrogens is 293 g/mol. The summed E-state index contributed by atoms with van der Waals surface area (Å²) in [6, 6.07) is 0. The molecular formula is C6H11Na2O9P. The van der Waals surface area contributed by atoms with Crippen LogP contribution in [0.1, 0.15) is 0 Å². The number of phosphoric ester groups is 1. The molecule has 0 amide bonds. The summed E-state index contributed by atoms with van der Waals surface area (Å²) < 4.78 is 13.6. The van der Waals surface area contributed by atoms with Crippen LogP contribution in [0.2, 0.25) is 0 Å². The second-order valence-corrected chi connectivity index (χ2v) is 4.07. The van der Waals surface area contributed by atoms with E-state index in [1.54, 1.807) is 0 Å². The Hall–Kier alpha value is 1.62. The molecule has 0 radical (unpaired) electrons. The molecule has 0 saturated carbocycles. The van der Waals surface area contributed by atoms with Gasteiger partial charge in [-0.15, -0.1) is 0 Å². The van der Waals surface area contributed by atoms with Gasteiger partial charge in [0, 0.05) is 0 Å². The normalized spacial score (nSPS) is 17.7. The molecule has 0 aromatic rings. The van der Waals surface area contributed by atoms with Crippen LogP contribution in [0.5, 0.6) is 0 Å². The number of phosphoric acid groups is 1. The summed E-state index contributed by atoms with van der Waals surface area (Å²) in [4.78, 5) is 30.0. The molecule has 0 aliphatic heterocycles. The van der Waals surface area contributed by atoms with E-state index >= 15 is 0 Å². The van der Waals surface area contributed by atoms with Crippen LogP contribution in [0.15, 0.2) is 0 Å². The van der Waals surface area contributed by atoms with Crippen molar-refractivity contribution in [2.45, 2.75) is 24.4 Å². The van der Waals surface area contributed by atoms with Gasteiger partial charge in [0.1, 0.15) is 24.4 Å². The molecule has 4 atom stereocenters. The molecule has 96 valence electrons. The van der Waals surface area contributed by atoms with Gasteiger partial charge in [0.2, 0.25) is 0 Å². The van der Waals surface area contributed by atoms with Gasteiger partial charge in [0.15, 0.2) is 6.29 Å². The molecule has 12 heteroatoms. The van der Waals surface area contributed by atoms with Gasteiger partial charge in [-0.1, -0.05) is 0 Å². The fourth-order valence-corrected chi connectivity index (χ4v) is 1.11. The number of aliphatic hydroxyl groups excluding tert-OH is 4. The van der Waals surface area contributed by atoms with E-state index in [-0.39, 0.29) is 65.4 Å². The Morgan fingerprint density at radius 3 is 1.89 bits per heavy atom. The Kier molecular flexibility index (Phi) is 15.5. The maximum Gasteiger partial charge on any atom is 1.00 e. The predicted octanol–water partition coefficient (Wildman–Crippen LogP) is -10.5. The van der Waals surface area contributed by atoms with E-state index in [1.165, 1.54) is 0 Å². The van der Waals surface area contributed by atoms with E-state index < -0.39 is 38.8 Å². The summed E-state index contributed by atoms with van der Waals surface area (Å²) in [6.45, 7) is -1.09. The quantitative estimate of drug-likeness (QED) is 0.202. The van der Waals surface area contributed by atoms with E-state index in [1.807, 2.05) is 0 Å². The molecule has 0 heterocycles. The zero-order chi connectivity index (χ0) is 12.9. The molecule has 0 spiro atoms. The van der Waals surface area contributed by atoms with Gasteiger partial charge in [0.05, 0.1) is 14.4 Å². The van der Waals surface area contributed by atoms with Gasteiger partial charge in [-0.05, 0) is 0 Å². The van der Waals surface area contributed by atoms with Crippen molar-refractivity contribution in [2.24, 2.45) is 0 Å². The maximum absolute atomic E-state index is 10.0. The fourth-order valence-electron chi connectivity index (χ4n) is 0.776. The van der Waals surface area contributed by atoms with Crippen LogP contribution in [-0.4, -0.2) is 57.7 Å². The number of carbonyl (C=O) groups excluding carboxylic acids is 1. The minimum absolute atomic E-state index is 0. The molecule has 0 saturated heterocycles. The van der Waals surface area contributed by atoms with Crippen molar-refractivity contribution in [2.75, 3.05) is 6.61 Å². The molecule has 0 fully saturated rings. The van der Waals surface area contributed by atoms with Crippen LogP contribution < -0.4 is 68.9 Å². The smallest absolute Gasteiger partial charge is 0.790 e. The molecule has 0 bridgehead atoms. The van der Waals surface area contributed by atoms with Gasteiger partial charge in [0.25, 0.3) is 0 Å². The topological polar surface area (TPSA) is 170 Å². The van der Waals surface area contributed by atoms with Gasteiger partial charge < -0.3 is 44.1 Å². The number of carbonyl (C=O) groups is 1. The molecule has 4 N–H and O–H groups in total. The van der Waals surface area contributed by atoms with Crippen molar-refractivity contribution in [3.05, 3.63) is 0 Å². The fraction of sp³-hybridized carbons (Fsp3) is 0.833. The van der Waals surface area contributed by atoms with Crippen molar-refractivity contribution < 1.29 is 103 Å². The summed E-state index contributed by atoms with van der Waals surface area (Å²) in [6.07, 6.45) is -8.04. The van der Waals surface area contributed by atoms with E-state index in [2.05, 4.69) is 4.52 Å². The first-order valence-electron chi connectivity index (χ1n) is 4.03. The summed E-state index contributed by atoms with van der Waals surface area (Å²) in [7, 11) is -5.30. The van der Waals surface area contributed by atoms with E-state index in [4.69, 9.17) is 20.4 Å². The van der Waals surface area contributed by atoms with Crippen LogP contribution in [0.4, 0.5) is 0 Å². The minimum Gasteiger partial charge on any atom is -0.790 e. The molecule has 18 heavy (non-hydrogen) atoms. The van der Waals surface area contributed by atoms with Crippen molar-refractivity contribution in [1.29, 1.82) is 0 Å². The number of hydrogen-bond donors (Lipinski definition) is 4. The van der Waals surface area contributed by atoms with Crippen LogP contribution >= 0.6 is 7.82 Å². The van der Waals surface area contributed by atoms with Crippen LogP contribution in [0, 0.1) is 0 Å². The Bertz CT molecular complexity index is 272. The first-order chi connectivity index (χ1) is 7.19. The number of rotatable bonds is 7. The van der Waals surface area contributed by atoms with Crippen molar-refractivity contribution in [3.8, 4) is 0 Å². The second kappa shape index (κ2) is 11.3. The van der Waals surface area contributed by atoms with Crippen molar-refractivity contribution in [3.63, 3.8) is 0 Å². The average Bonchev–Trinajstić information content (AvgIpc) is 2.21. The molecule has 0 aliphatic carbocycles.